The van der Waals surface area contributed by atoms with E-state index in [2.05, 4.69) is 34.0 Å². The summed E-state index contributed by atoms with van der Waals surface area (Å²) in [5.41, 5.74) is 2.93. The van der Waals surface area contributed by atoms with Crippen molar-refractivity contribution in [3.05, 3.63) is 66.4 Å². The van der Waals surface area contributed by atoms with Gasteiger partial charge in [0.2, 0.25) is 0 Å². The average molecular weight is 308 g/mol. The summed E-state index contributed by atoms with van der Waals surface area (Å²) in [5, 5.41) is 4.16. The van der Waals surface area contributed by atoms with Gasteiger partial charge in [0.25, 0.3) is 0 Å². The van der Waals surface area contributed by atoms with Crippen molar-refractivity contribution in [3.63, 3.8) is 0 Å². The minimum absolute atomic E-state index is 0.331. The summed E-state index contributed by atoms with van der Waals surface area (Å²) in [4.78, 5) is 10.7. The van der Waals surface area contributed by atoms with Crippen LogP contribution in [0.2, 0.25) is 0 Å². The van der Waals surface area contributed by atoms with E-state index < -0.39 is 0 Å². The van der Waals surface area contributed by atoms with Crippen LogP contribution in [0.4, 0.5) is 0 Å². The molecule has 0 aliphatic rings. The van der Waals surface area contributed by atoms with Crippen LogP contribution in [0.15, 0.2) is 59.5 Å². The summed E-state index contributed by atoms with van der Waals surface area (Å²) >= 11 is 0. The monoisotopic (exact) mass is 308 g/mol. The molecule has 0 radical (unpaired) electrons. The number of hydrogen-bond donors (Lipinski definition) is 0. The van der Waals surface area contributed by atoms with Gasteiger partial charge in [0.05, 0.1) is 12.2 Å². The highest BCUT2D eigenvalue weighted by molar-refractivity contribution is 5.58. The predicted molar refractivity (Wildman–Crippen MR) is 88.6 cm³/mol. The maximum Gasteiger partial charge on any atom is 0.151 e. The molecule has 0 fully saturated rings. The van der Waals surface area contributed by atoms with Gasteiger partial charge in [-0.3, -0.25) is 14.9 Å². The zero-order chi connectivity index (χ0) is 16.1. The molecular formula is C18H20N4O. The fourth-order valence-electron chi connectivity index (χ4n) is 2.43. The van der Waals surface area contributed by atoms with Crippen LogP contribution in [0.25, 0.3) is 11.3 Å². The molecule has 1 unspecified atom stereocenters. The molecule has 2 aromatic heterocycles. The molecule has 3 aromatic rings. The van der Waals surface area contributed by atoms with Crippen molar-refractivity contribution in [1.82, 2.24) is 20.0 Å². The third kappa shape index (κ3) is 4.02. The van der Waals surface area contributed by atoms with Crippen molar-refractivity contribution in [1.29, 1.82) is 0 Å². The smallest absolute Gasteiger partial charge is 0.151 e. The number of likely N-dealkylation sites (N-methyl/N-ethyl adjacent to an activating group) is 1. The van der Waals surface area contributed by atoms with E-state index >= 15 is 0 Å². The zero-order valence-corrected chi connectivity index (χ0v) is 13.4. The molecule has 0 saturated heterocycles. The molecule has 23 heavy (non-hydrogen) atoms. The van der Waals surface area contributed by atoms with E-state index in [4.69, 9.17) is 4.52 Å². The molecule has 5 heteroatoms. The molecule has 118 valence electrons. The molecule has 0 N–H and O–H groups in total. The van der Waals surface area contributed by atoms with E-state index in [0.29, 0.717) is 12.6 Å². The first-order valence-corrected chi connectivity index (χ1v) is 7.68. The van der Waals surface area contributed by atoms with Gasteiger partial charge >= 0.3 is 0 Å². The van der Waals surface area contributed by atoms with Gasteiger partial charge in [-0.15, -0.1) is 0 Å². The molecular weight excluding hydrogens is 288 g/mol. The highest BCUT2D eigenvalue weighted by atomic mass is 16.5. The quantitative estimate of drug-likeness (QED) is 0.700. The second kappa shape index (κ2) is 7.15. The van der Waals surface area contributed by atoms with Crippen LogP contribution >= 0.6 is 0 Å². The molecule has 0 saturated carbocycles. The van der Waals surface area contributed by atoms with E-state index in [1.54, 1.807) is 12.4 Å². The van der Waals surface area contributed by atoms with Gasteiger partial charge in [-0.1, -0.05) is 35.5 Å². The molecule has 0 aliphatic carbocycles. The number of hydrogen-bond acceptors (Lipinski definition) is 5. The number of nitrogens with zero attached hydrogens (tertiary/aromatic N) is 4. The Morgan fingerprint density at radius 1 is 1.17 bits per heavy atom. The standard InChI is InChI=1S/C18H20N4O/c1-14(10-16-12-19-8-9-20-16)22(2)13-17-11-18(21-23-17)15-6-4-3-5-7-15/h3-9,11-12,14H,10,13H2,1-2H3. The Labute approximate surface area is 136 Å². The van der Waals surface area contributed by atoms with Crippen molar-refractivity contribution in [2.24, 2.45) is 0 Å². The molecule has 0 aliphatic heterocycles. The van der Waals surface area contributed by atoms with Gasteiger partial charge in [-0.25, -0.2) is 0 Å². The van der Waals surface area contributed by atoms with E-state index in [1.807, 2.05) is 42.6 Å². The number of rotatable bonds is 6. The molecule has 0 spiro atoms. The van der Waals surface area contributed by atoms with Crippen molar-refractivity contribution < 1.29 is 4.52 Å². The van der Waals surface area contributed by atoms with Crippen LogP contribution in [0.5, 0.6) is 0 Å². The van der Waals surface area contributed by atoms with Gasteiger partial charge in [0.1, 0.15) is 5.69 Å². The second-order valence-electron chi connectivity index (χ2n) is 5.71. The topological polar surface area (TPSA) is 55.1 Å². The molecule has 5 nitrogen and oxygen atoms in total. The Bertz CT molecular complexity index is 727. The molecule has 0 bridgehead atoms. The highest BCUT2D eigenvalue weighted by Crippen LogP contribution is 2.19. The Kier molecular flexibility index (Phi) is 4.78. The summed E-state index contributed by atoms with van der Waals surface area (Å²) in [6.45, 7) is 2.88. The molecule has 1 aromatic carbocycles. The van der Waals surface area contributed by atoms with Crippen LogP contribution in [-0.2, 0) is 13.0 Å². The highest BCUT2D eigenvalue weighted by Gasteiger charge is 2.14. The summed E-state index contributed by atoms with van der Waals surface area (Å²) in [7, 11) is 2.08. The van der Waals surface area contributed by atoms with Crippen LogP contribution in [-0.4, -0.2) is 33.1 Å². The Hall–Kier alpha value is -2.53. The van der Waals surface area contributed by atoms with Crippen LogP contribution in [0, 0.1) is 0 Å². The van der Waals surface area contributed by atoms with Gasteiger partial charge in [-0.2, -0.15) is 0 Å². The SMILES string of the molecule is CC(Cc1cnccn1)N(C)Cc1cc(-c2ccccc2)no1. The first kappa shape index (κ1) is 15.4. The molecule has 0 amide bonds. The van der Waals surface area contributed by atoms with Gasteiger partial charge < -0.3 is 4.52 Å². The molecule has 3 rings (SSSR count). The summed E-state index contributed by atoms with van der Waals surface area (Å²) in [5.74, 6) is 0.859. The Balaban J connectivity index is 1.62. The van der Waals surface area contributed by atoms with Crippen molar-refractivity contribution in [2.75, 3.05) is 7.05 Å². The van der Waals surface area contributed by atoms with E-state index in [0.717, 1.165) is 29.1 Å². The van der Waals surface area contributed by atoms with Crippen molar-refractivity contribution in [2.45, 2.75) is 25.9 Å². The van der Waals surface area contributed by atoms with Gasteiger partial charge in [0.15, 0.2) is 5.76 Å². The zero-order valence-electron chi connectivity index (χ0n) is 13.4. The Morgan fingerprint density at radius 3 is 2.74 bits per heavy atom. The van der Waals surface area contributed by atoms with Crippen LogP contribution in [0.1, 0.15) is 18.4 Å². The number of aromatic nitrogens is 3. The lowest BCUT2D eigenvalue weighted by atomic mass is 10.1. The summed E-state index contributed by atoms with van der Waals surface area (Å²) in [6.07, 6.45) is 6.08. The normalized spacial score (nSPS) is 12.5. The lowest BCUT2D eigenvalue weighted by molar-refractivity contribution is 0.217. The molecule has 2 heterocycles. The Morgan fingerprint density at radius 2 is 2.00 bits per heavy atom. The second-order valence-corrected chi connectivity index (χ2v) is 5.71. The summed E-state index contributed by atoms with van der Waals surface area (Å²) in [6, 6.07) is 12.4. The summed E-state index contributed by atoms with van der Waals surface area (Å²) < 4.78 is 5.47. The van der Waals surface area contributed by atoms with E-state index in [1.165, 1.54) is 0 Å². The van der Waals surface area contributed by atoms with Crippen LogP contribution < -0.4 is 0 Å². The first-order chi connectivity index (χ1) is 11.2. The van der Waals surface area contributed by atoms with E-state index in [-0.39, 0.29) is 0 Å². The lowest BCUT2D eigenvalue weighted by Gasteiger charge is -2.22. The maximum atomic E-state index is 5.47. The van der Waals surface area contributed by atoms with Crippen molar-refractivity contribution in [3.8, 4) is 11.3 Å². The fourth-order valence-corrected chi connectivity index (χ4v) is 2.43. The predicted octanol–water partition coefficient (Wildman–Crippen LogP) is 3.19. The van der Waals surface area contributed by atoms with Crippen molar-refractivity contribution >= 4 is 0 Å². The third-order valence-corrected chi connectivity index (χ3v) is 3.91. The third-order valence-electron chi connectivity index (χ3n) is 3.91. The fraction of sp³-hybridized carbons (Fsp3) is 0.278. The largest absolute Gasteiger partial charge is 0.359 e. The average Bonchev–Trinajstić information content (AvgIpc) is 3.05. The minimum Gasteiger partial charge on any atom is -0.359 e. The number of benzene rings is 1. The minimum atomic E-state index is 0.331. The van der Waals surface area contributed by atoms with Gasteiger partial charge in [0, 0.05) is 42.7 Å². The first-order valence-electron chi connectivity index (χ1n) is 7.68. The van der Waals surface area contributed by atoms with E-state index in [9.17, 15) is 0 Å². The van der Waals surface area contributed by atoms with Gasteiger partial charge in [-0.05, 0) is 14.0 Å². The molecule has 1 atom stereocenters. The lowest BCUT2D eigenvalue weighted by Crippen LogP contribution is -2.30. The maximum absolute atomic E-state index is 5.47. The van der Waals surface area contributed by atoms with Crippen LogP contribution in [0.3, 0.4) is 0 Å².